The molecular weight excluding hydrogens is 738 g/mol. The molecule has 6 aromatic carbocycles. The molecule has 57 heavy (non-hydrogen) atoms. The SMILES string of the molecule is N[C@H](CSC(c1ccccc1)(c1ccccc1)c1ccccc1)C(=O)OC(c1ccccc1)(c1ccc(C2CCCCCCCCCC2)cc1)c1ccccc1Cl. The van der Waals surface area contributed by atoms with Crippen molar-refractivity contribution in [3.63, 3.8) is 0 Å². The molecule has 0 aromatic heterocycles. The van der Waals surface area contributed by atoms with Crippen LogP contribution in [0.4, 0.5) is 0 Å². The molecule has 7 rings (SSSR count). The fourth-order valence-electron chi connectivity index (χ4n) is 8.66. The molecule has 1 fully saturated rings. The Balaban J connectivity index is 1.26. The van der Waals surface area contributed by atoms with Crippen LogP contribution in [0.1, 0.15) is 109 Å². The molecule has 3 nitrogen and oxygen atoms in total. The van der Waals surface area contributed by atoms with Crippen LogP contribution >= 0.6 is 23.4 Å². The molecule has 292 valence electrons. The number of hydrogen-bond donors (Lipinski definition) is 1. The number of hydrogen-bond acceptors (Lipinski definition) is 4. The number of rotatable bonds is 12. The molecule has 2 atom stereocenters. The molecule has 1 unspecified atom stereocenters. The van der Waals surface area contributed by atoms with Crippen molar-refractivity contribution in [3.05, 3.63) is 214 Å². The molecule has 0 bridgehead atoms. The number of benzene rings is 6. The number of nitrogens with two attached hydrogens (primary N) is 1. The summed E-state index contributed by atoms with van der Waals surface area (Å²) in [5.41, 5.74) is 12.6. The molecule has 1 aliphatic carbocycles. The highest BCUT2D eigenvalue weighted by Crippen LogP contribution is 2.49. The van der Waals surface area contributed by atoms with E-state index >= 15 is 0 Å². The van der Waals surface area contributed by atoms with Gasteiger partial charge in [-0.3, -0.25) is 4.79 Å². The molecular formula is C52H54ClNO2S. The third kappa shape index (κ3) is 9.25. The van der Waals surface area contributed by atoms with Gasteiger partial charge in [0.1, 0.15) is 6.04 Å². The minimum Gasteiger partial charge on any atom is -0.443 e. The Labute approximate surface area is 349 Å². The van der Waals surface area contributed by atoms with Crippen LogP contribution in [-0.4, -0.2) is 17.8 Å². The van der Waals surface area contributed by atoms with Gasteiger partial charge in [0.2, 0.25) is 0 Å². The van der Waals surface area contributed by atoms with Gasteiger partial charge in [0.25, 0.3) is 0 Å². The smallest absolute Gasteiger partial charge is 0.325 e. The maximum Gasteiger partial charge on any atom is 0.325 e. The highest BCUT2D eigenvalue weighted by atomic mass is 35.5. The van der Waals surface area contributed by atoms with Gasteiger partial charge < -0.3 is 10.5 Å². The molecule has 0 radical (unpaired) electrons. The van der Waals surface area contributed by atoms with Crippen LogP contribution in [0.2, 0.25) is 5.02 Å². The van der Waals surface area contributed by atoms with Gasteiger partial charge in [0.05, 0.1) is 4.75 Å². The number of ether oxygens (including phenoxy) is 1. The number of halogens is 1. The maximum absolute atomic E-state index is 14.8. The summed E-state index contributed by atoms with van der Waals surface area (Å²) < 4.78 is 6.29. The highest BCUT2D eigenvalue weighted by molar-refractivity contribution is 8.00. The van der Waals surface area contributed by atoms with Crippen molar-refractivity contribution in [1.29, 1.82) is 0 Å². The summed E-state index contributed by atoms with van der Waals surface area (Å²) in [6.07, 6.45) is 12.9. The van der Waals surface area contributed by atoms with Crippen LogP contribution in [0.5, 0.6) is 0 Å². The Morgan fingerprint density at radius 1 is 0.561 bits per heavy atom. The second-order valence-electron chi connectivity index (χ2n) is 15.4. The number of thioether (sulfide) groups is 1. The predicted molar refractivity (Wildman–Crippen MR) is 239 cm³/mol. The van der Waals surface area contributed by atoms with E-state index in [0.717, 1.165) is 27.8 Å². The van der Waals surface area contributed by atoms with Gasteiger partial charge in [-0.1, -0.05) is 227 Å². The number of carbonyl (C=O) groups excluding carboxylic acids is 1. The summed E-state index contributed by atoms with van der Waals surface area (Å²) in [6.45, 7) is 0. The molecule has 5 heteroatoms. The first-order valence-electron chi connectivity index (χ1n) is 20.7. The zero-order chi connectivity index (χ0) is 39.3. The first-order valence-corrected chi connectivity index (χ1v) is 22.1. The number of esters is 1. The van der Waals surface area contributed by atoms with Crippen molar-refractivity contribution in [2.24, 2.45) is 5.73 Å². The van der Waals surface area contributed by atoms with Crippen molar-refractivity contribution in [1.82, 2.24) is 0 Å². The van der Waals surface area contributed by atoms with E-state index in [1.807, 2.05) is 72.8 Å². The summed E-state index contributed by atoms with van der Waals surface area (Å²) in [5, 5.41) is 0.515. The second kappa shape index (κ2) is 19.7. The summed E-state index contributed by atoms with van der Waals surface area (Å²) in [4.78, 5) is 14.8. The molecule has 1 saturated carbocycles. The van der Waals surface area contributed by atoms with E-state index in [4.69, 9.17) is 22.1 Å². The summed E-state index contributed by atoms with van der Waals surface area (Å²) in [5.74, 6) is 0.309. The summed E-state index contributed by atoms with van der Waals surface area (Å²) in [6, 6.07) is 56.9. The van der Waals surface area contributed by atoms with Gasteiger partial charge in [-0.2, -0.15) is 0 Å². The second-order valence-corrected chi connectivity index (χ2v) is 17.0. The lowest BCUT2D eigenvalue weighted by Crippen LogP contribution is -2.43. The average molecular weight is 793 g/mol. The fourth-order valence-corrected chi connectivity index (χ4v) is 10.4. The molecule has 0 saturated heterocycles. The molecule has 0 amide bonds. The Hall–Kier alpha value is -4.61. The van der Waals surface area contributed by atoms with E-state index in [2.05, 4.69) is 97.1 Å². The van der Waals surface area contributed by atoms with E-state index < -0.39 is 22.4 Å². The standard InChI is InChI=1S/C52H54ClNO2S/c53-48-34-22-21-33-47(48)51(42-25-13-7-14-26-42,43-37-35-41(36-38-43)40-23-11-5-3-1-2-4-6-12-24-40)56-50(55)49(54)39-57-52(44-27-15-8-16-28-44,45-29-17-9-18-30-45)46-31-19-10-20-32-46/h7-10,13-22,25-38,40,49H,1-6,11-12,23-24,39,54H2/t49-,51?/m1/s1. The Kier molecular flexibility index (Phi) is 14.0. The van der Waals surface area contributed by atoms with E-state index in [9.17, 15) is 4.79 Å². The Morgan fingerprint density at radius 3 is 1.44 bits per heavy atom. The van der Waals surface area contributed by atoms with Crippen LogP contribution < -0.4 is 5.73 Å². The van der Waals surface area contributed by atoms with Gasteiger partial charge in [-0.15, -0.1) is 11.8 Å². The van der Waals surface area contributed by atoms with Crippen molar-refractivity contribution >= 4 is 29.3 Å². The van der Waals surface area contributed by atoms with Crippen LogP contribution in [-0.2, 0) is 19.9 Å². The maximum atomic E-state index is 14.8. The monoisotopic (exact) mass is 791 g/mol. The largest absolute Gasteiger partial charge is 0.443 e. The van der Waals surface area contributed by atoms with Crippen LogP contribution in [0.15, 0.2) is 170 Å². The Morgan fingerprint density at radius 2 is 0.965 bits per heavy atom. The zero-order valence-electron chi connectivity index (χ0n) is 32.8. The van der Waals surface area contributed by atoms with Gasteiger partial charge in [0, 0.05) is 27.5 Å². The van der Waals surface area contributed by atoms with Crippen molar-refractivity contribution in [2.45, 2.75) is 86.5 Å². The van der Waals surface area contributed by atoms with Gasteiger partial charge in [-0.05, 0) is 47.1 Å². The highest BCUT2D eigenvalue weighted by Gasteiger charge is 2.44. The lowest BCUT2D eigenvalue weighted by molar-refractivity contribution is -0.154. The third-order valence-corrected chi connectivity index (χ3v) is 13.6. The van der Waals surface area contributed by atoms with E-state index in [1.54, 1.807) is 11.8 Å². The fraction of sp³-hybridized carbons (Fsp3) is 0.288. The van der Waals surface area contributed by atoms with Crippen LogP contribution in [0, 0.1) is 0 Å². The minimum absolute atomic E-state index is 0.297. The first-order chi connectivity index (χ1) is 28.0. The van der Waals surface area contributed by atoms with Gasteiger partial charge in [0.15, 0.2) is 5.60 Å². The predicted octanol–water partition coefficient (Wildman–Crippen LogP) is 13.2. The van der Waals surface area contributed by atoms with Crippen molar-refractivity contribution in [3.8, 4) is 0 Å². The molecule has 0 heterocycles. The quantitative estimate of drug-likeness (QED) is 0.0991. The van der Waals surface area contributed by atoms with Crippen molar-refractivity contribution < 1.29 is 9.53 Å². The zero-order valence-corrected chi connectivity index (χ0v) is 34.4. The summed E-state index contributed by atoms with van der Waals surface area (Å²) >= 11 is 8.75. The Bertz CT molecular complexity index is 2020. The van der Waals surface area contributed by atoms with E-state index in [0.29, 0.717) is 22.3 Å². The average Bonchev–Trinajstić information content (AvgIpc) is 3.34. The van der Waals surface area contributed by atoms with E-state index in [1.165, 1.54) is 69.8 Å². The van der Waals surface area contributed by atoms with Gasteiger partial charge in [-0.25, -0.2) is 0 Å². The molecule has 1 aliphatic rings. The topological polar surface area (TPSA) is 52.3 Å². The molecule has 2 N–H and O–H groups in total. The van der Waals surface area contributed by atoms with Gasteiger partial charge >= 0.3 is 5.97 Å². The van der Waals surface area contributed by atoms with Crippen LogP contribution in [0.25, 0.3) is 0 Å². The van der Waals surface area contributed by atoms with Crippen molar-refractivity contribution in [2.75, 3.05) is 5.75 Å². The normalized spacial score (nSPS) is 16.1. The lowest BCUT2D eigenvalue weighted by Gasteiger charge is -2.38. The van der Waals surface area contributed by atoms with Crippen LogP contribution in [0.3, 0.4) is 0 Å². The summed E-state index contributed by atoms with van der Waals surface area (Å²) in [7, 11) is 0. The van der Waals surface area contributed by atoms with E-state index in [-0.39, 0.29) is 0 Å². The third-order valence-electron chi connectivity index (χ3n) is 11.7. The molecule has 0 spiro atoms. The first kappa shape index (κ1) is 40.6. The lowest BCUT2D eigenvalue weighted by atomic mass is 9.78. The minimum atomic E-state index is -1.35. The number of carbonyl (C=O) groups is 1. The molecule has 6 aromatic rings. The molecule has 0 aliphatic heterocycles.